The highest BCUT2D eigenvalue weighted by Crippen LogP contribution is 2.31. The van der Waals surface area contributed by atoms with E-state index in [1.54, 1.807) is 6.92 Å². The molecule has 1 unspecified atom stereocenters. The number of hydrogen-bond acceptors (Lipinski definition) is 5. The molecule has 0 saturated heterocycles. The molecule has 110 valence electrons. The van der Waals surface area contributed by atoms with Gasteiger partial charge in [0.1, 0.15) is 10.3 Å². The molecule has 0 aliphatic heterocycles. The highest BCUT2D eigenvalue weighted by atomic mass is 32.2. The maximum absolute atomic E-state index is 11.6. The van der Waals surface area contributed by atoms with E-state index in [4.69, 9.17) is 0 Å². The minimum absolute atomic E-state index is 0.306. The van der Waals surface area contributed by atoms with E-state index in [1.807, 2.05) is 0 Å². The molecular weight excluding hydrogens is 280 g/mol. The van der Waals surface area contributed by atoms with Crippen LogP contribution in [0, 0.1) is 0 Å². The fourth-order valence-corrected chi connectivity index (χ4v) is 3.81. The maximum atomic E-state index is 11.6. The third-order valence-corrected chi connectivity index (χ3v) is 5.86. The fraction of sp³-hybridized carbons (Fsp3) is 0.769. The average Bonchev–Trinajstić information content (AvgIpc) is 2.67. The Labute approximate surface area is 120 Å². The van der Waals surface area contributed by atoms with Gasteiger partial charge in [-0.2, -0.15) is 0 Å². The molecule has 4 nitrogen and oxygen atoms in total. The van der Waals surface area contributed by atoms with Gasteiger partial charge in [-0.1, -0.05) is 27.7 Å². The average molecular weight is 304 g/mol. The maximum Gasteiger partial charge on any atom is 0.156 e. The molecule has 1 aromatic heterocycles. The number of rotatable bonds is 6. The van der Waals surface area contributed by atoms with E-state index in [9.17, 15) is 8.42 Å². The van der Waals surface area contributed by atoms with Crippen molar-refractivity contribution < 1.29 is 8.42 Å². The molecule has 0 fully saturated rings. The van der Waals surface area contributed by atoms with Gasteiger partial charge in [0.05, 0.1) is 5.69 Å². The third kappa shape index (κ3) is 4.54. The van der Waals surface area contributed by atoms with Crippen molar-refractivity contribution in [3.05, 3.63) is 15.6 Å². The molecule has 1 aromatic rings. The van der Waals surface area contributed by atoms with Crippen molar-refractivity contribution in [1.29, 1.82) is 0 Å². The Hall–Kier alpha value is -0.460. The Morgan fingerprint density at radius 2 is 1.79 bits per heavy atom. The molecule has 0 aliphatic carbocycles. The first kappa shape index (κ1) is 16.6. The molecule has 0 aliphatic rings. The summed E-state index contributed by atoms with van der Waals surface area (Å²) in [6.07, 6.45) is 1.26. The van der Waals surface area contributed by atoms with Crippen LogP contribution in [0.25, 0.3) is 0 Å². The van der Waals surface area contributed by atoms with Gasteiger partial charge in [0.15, 0.2) is 9.84 Å². The van der Waals surface area contributed by atoms with Gasteiger partial charge < -0.3 is 5.32 Å². The summed E-state index contributed by atoms with van der Waals surface area (Å²) < 4.78 is 23.3. The molecule has 19 heavy (non-hydrogen) atoms. The molecule has 6 heteroatoms. The molecule has 1 N–H and O–H groups in total. The first-order valence-electron chi connectivity index (χ1n) is 6.54. The van der Waals surface area contributed by atoms with Crippen LogP contribution in [0.5, 0.6) is 0 Å². The minimum atomic E-state index is -3.09. The van der Waals surface area contributed by atoms with Crippen LogP contribution in [0.4, 0.5) is 0 Å². The van der Waals surface area contributed by atoms with Crippen LogP contribution < -0.4 is 5.32 Å². The van der Waals surface area contributed by atoms with Gasteiger partial charge in [-0.05, 0) is 12.8 Å². The van der Waals surface area contributed by atoms with Crippen LogP contribution in [-0.4, -0.2) is 25.7 Å². The Kier molecular flexibility index (Phi) is 5.53. The van der Waals surface area contributed by atoms with Gasteiger partial charge in [0, 0.05) is 23.7 Å². The van der Waals surface area contributed by atoms with Gasteiger partial charge in [-0.25, -0.2) is 13.4 Å². The summed E-state index contributed by atoms with van der Waals surface area (Å²) in [6, 6.07) is 0.401. The van der Waals surface area contributed by atoms with Gasteiger partial charge in [0.2, 0.25) is 0 Å². The topological polar surface area (TPSA) is 59.1 Å². The molecule has 0 saturated carbocycles. The van der Waals surface area contributed by atoms with Crippen molar-refractivity contribution >= 4 is 21.2 Å². The Bertz CT molecular complexity index is 519. The summed E-state index contributed by atoms with van der Waals surface area (Å²) in [5.74, 6) is 0.306. The number of thiazole rings is 1. The Morgan fingerprint density at radius 3 is 2.21 bits per heavy atom. The van der Waals surface area contributed by atoms with Crippen molar-refractivity contribution in [1.82, 2.24) is 10.3 Å². The Balaban J connectivity index is 3.07. The smallest absolute Gasteiger partial charge is 0.156 e. The molecule has 0 aromatic carbocycles. The number of hydrogen-bond donors (Lipinski definition) is 1. The van der Waals surface area contributed by atoms with E-state index in [0.717, 1.165) is 17.1 Å². The van der Waals surface area contributed by atoms with Crippen molar-refractivity contribution in [2.45, 2.75) is 58.4 Å². The zero-order valence-electron chi connectivity index (χ0n) is 12.5. The second-order valence-electron chi connectivity index (χ2n) is 5.52. The van der Waals surface area contributed by atoms with Crippen LogP contribution in [0.3, 0.4) is 0 Å². The molecule has 1 heterocycles. The molecule has 1 rings (SSSR count). The summed E-state index contributed by atoms with van der Waals surface area (Å²) in [5.41, 5.74) is 1.02. The highest BCUT2D eigenvalue weighted by Gasteiger charge is 2.24. The van der Waals surface area contributed by atoms with Crippen LogP contribution >= 0.6 is 11.3 Å². The lowest BCUT2D eigenvalue weighted by Crippen LogP contribution is -2.22. The second-order valence-corrected chi connectivity index (χ2v) is 9.00. The number of sulfone groups is 1. The van der Waals surface area contributed by atoms with Crippen LogP contribution in [0.1, 0.15) is 61.4 Å². The van der Waals surface area contributed by atoms with Crippen LogP contribution in [0.15, 0.2) is 0 Å². The molecule has 0 amide bonds. The minimum Gasteiger partial charge on any atom is -0.310 e. The van der Waals surface area contributed by atoms with Gasteiger partial charge >= 0.3 is 0 Å². The quantitative estimate of drug-likeness (QED) is 0.878. The van der Waals surface area contributed by atoms with Crippen molar-refractivity contribution in [2.75, 3.05) is 6.26 Å². The van der Waals surface area contributed by atoms with Crippen molar-refractivity contribution in [2.24, 2.45) is 0 Å². The summed E-state index contributed by atoms with van der Waals surface area (Å²) in [6.45, 7) is 10.8. The molecule has 0 bridgehead atoms. The van der Waals surface area contributed by atoms with E-state index in [0.29, 0.717) is 17.0 Å². The first-order valence-corrected chi connectivity index (χ1v) is 9.31. The van der Waals surface area contributed by atoms with E-state index in [1.165, 1.54) is 17.6 Å². The predicted octanol–water partition coefficient (Wildman–Crippen LogP) is 2.87. The standard InChI is InChI=1S/C13H24N2O2S2/c1-8(2)12-11(7-14-9(3)4)18-13(15-12)10(5)19(6,16)17/h8-10,14H,7H2,1-6H3. The fourth-order valence-electron chi connectivity index (χ4n) is 1.61. The lowest BCUT2D eigenvalue weighted by Gasteiger charge is -2.09. The van der Waals surface area contributed by atoms with Crippen LogP contribution in [-0.2, 0) is 16.4 Å². The highest BCUT2D eigenvalue weighted by molar-refractivity contribution is 7.91. The van der Waals surface area contributed by atoms with Crippen molar-refractivity contribution in [3.63, 3.8) is 0 Å². The Morgan fingerprint density at radius 1 is 1.21 bits per heavy atom. The monoisotopic (exact) mass is 304 g/mol. The second kappa shape index (κ2) is 6.33. The van der Waals surface area contributed by atoms with Gasteiger partial charge in [0.25, 0.3) is 0 Å². The summed E-state index contributed by atoms with van der Waals surface area (Å²) >= 11 is 1.51. The molecule has 1 atom stereocenters. The summed E-state index contributed by atoms with van der Waals surface area (Å²) in [4.78, 5) is 5.70. The van der Waals surface area contributed by atoms with Crippen LogP contribution in [0.2, 0.25) is 0 Å². The normalized spacial score (nSPS) is 14.3. The van der Waals surface area contributed by atoms with E-state index >= 15 is 0 Å². The molecule has 0 radical (unpaired) electrons. The largest absolute Gasteiger partial charge is 0.310 e. The first-order chi connectivity index (χ1) is 8.62. The zero-order valence-corrected chi connectivity index (χ0v) is 14.2. The SMILES string of the molecule is CC(C)NCc1sc(C(C)S(C)(=O)=O)nc1C(C)C. The lowest BCUT2D eigenvalue weighted by atomic mass is 10.1. The predicted molar refractivity (Wildman–Crippen MR) is 81.4 cm³/mol. The third-order valence-electron chi connectivity index (χ3n) is 2.95. The van der Waals surface area contributed by atoms with E-state index in [-0.39, 0.29) is 0 Å². The molecular formula is C13H24N2O2S2. The number of nitrogens with one attached hydrogen (secondary N) is 1. The number of nitrogens with zero attached hydrogens (tertiary/aromatic N) is 1. The lowest BCUT2D eigenvalue weighted by molar-refractivity contribution is 0.587. The van der Waals surface area contributed by atoms with E-state index in [2.05, 4.69) is 38.0 Å². The zero-order chi connectivity index (χ0) is 14.8. The van der Waals surface area contributed by atoms with Gasteiger partial charge in [-0.15, -0.1) is 11.3 Å². The van der Waals surface area contributed by atoms with E-state index < -0.39 is 15.1 Å². The molecule has 0 spiro atoms. The summed E-state index contributed by atoms with van der Waals surface area (Å²) in [5, 5.41) is 3.54. The van der Waals surface area contributed by atoms with Gasteiger partial charge in [-0.3, -0.25) is 0 Å². The number of aromatic nitrogens is 1. The van der Waals surface area contributed by atoms with Crippen molar-refractivity contribution in [3.8, 4) is 0 Å². The summed E-state index contributed by atoms with van der Waals surface area (Å²) in [7, 11) is -3.09.